The number of allylic oxidation sites excluding steroid dienone is 1. The van der Waals surface area contributed by atoms with Crippen molar-refractivity contribution < 1.29 is 37.6 Å². The molecule has 15 heteroatoms. The molecule has 3 unspecified atom stereocenters. The summed E-state index contributed by atoms with van der Waals surface area (Å²) in [7, 11) is 0. The first-order valence-corrected chi connectivity index (χ1v) is 17.1. The van der Waals surface area contributed by atoms with E-state index < -0.39 is 34.5 Å². The van der Waals surface area contributed by atoms with Crippen LogP contribution >= 0.6 is 33.5 Å². The first-order valence-electron chi connectivity index (χ1n) is 12.7. The summed E-state index contributed by atoms with van der Waals surface area (Å²) in [5.41, 5.74) is 0.0773. The second-order valence-corrected chi connectivity index (χ2v) is 14.1. The van der Waals surface area contributed by atoms with E-state index >= 15 is 0 Å². The quantitative estimate of drug-likeness (QED) is 0.0408. The minimum absolute atomic E-state index is 0.117. The number of carbonyl (C=O) groups is 2. The number of amides is 1. The predicted octanol–water partition coefficient (Wildman–Crippen LogP) is 6.23. The van der Waals surface area contributed by atoms with Gasteiger partial charge in [0, 0.05) is 12.1 Å². The summed E-state index contributed by atoms with van der Waals surface area (Å²) >= 11 is 4.22. The number of halogens is 1. The summed E-state index contributed by atoms with van der Waals surface area (Å²) < 4.78 is 35.5. The van der Waals surface area contributed by atoms with Crippen molar-refractivity contribution in [2.45, 2.75) is 24.9 Å². The standard InChI is InChI=1S/C28H23BrN3O9PS/c1-18(40-42(29,37)41-22-10-6-3-7-11-22)25(28(34)39-16-19-12-14-20(15-13-19)32(35)36)31-26(33)24-27(31)43-23(30-24)17-38-21-8-4-2-5-9-21/h2-15,24,27H,16-17H2,1H3. The van der Waals surface area contributed by atoms with Crippen LogP contribution in [0.3, 0.4) is 0 Å². The van der Waals surface area contributed by atoms with Crippen LogP contribution in [-0.2, 0) is 30.0 Å². The van der Waals surface area contributed by atoms with Crippen molar-refractivity contribution in [2.24, 2.45) is 4.99 Å². The lowest BCUT2D eigenvalue weighted by Crippen LogP contribution is -2.61. The number of aliphatic imine (C=N–C) groups is 1. The largest absolute Gasteiger partial charge is 0.498 e. The number of β-lactam (4-membered cyclic amide) rings is 1. The molecule has 5 rings (SSSR count). The fourth-order valence-electron chi connectivity index (χ4n) is 4.16. The number of fused-ring (bicyclic) bond motifs is 1. The maximum atomic E-state index is 13.5. The second kappa shape index (κ2) is 13.0. The smallest absolute Gasteiger partial charge is 0.487 e. The highest BCUT2D eigenvalue weighted by atomic mass is 79.9. The van der Waals surface area contributed by atoms with Gasteiger partial charge in [0.05, 0.1) is 20.4 Å². The molecule has 43 heavy (non-hydrogen) atoms. The average Bonchev–Trinajstić information content (AvgIpc) is 3.37. The number of hydrogen-bond acceptors (Lipinski definition) is 11. The number of thioether (sulfide) groups is 1. The highest BCUT2D eigenvalue weighted by Crippen LogP contribution is 2.58. The van der Waals surface area contributed by atoms with Gasteiger partial charge in [0.25, 0.3) is 11.6 Å². The number of ether oxygens (including phenoxy) is 2. The van der Waals surface area contributed by atoms with Gasteiger partial charge in [-0.3, -0.25) is 24.8 Å². The van der Waals surface area contributed by atoms with E-state index in [4.69, 9.17) is 18.5 Å². The van der Waals surface area contributed by atoms with Gasteiger partial charge in [0.1, 0.15) is 40.9 Å². The van der Waals surface area contributed by atoms with Crippen LogP contribution in [0.4, 0.5) is 5.69 Å². The number of nitro groups is 1. The lowest BCUT2D eigenvalue weighted by molar-refractivity contribution is -0.384. The number of rotatable bonds is 12. The van der Waals surface area contributed by atoms with Gasteiger partial charge in [-0.1, -0.05) is 48.2 Å². The zero-order chi connectivity index (χ0) is 30.6. The molecular weight excluding hydrogens is 665 g/mol. The number of nitrogens with zero attached hydrogens (tertiary/aromatic N) is 3. The van der Waals surface area contributed by atoms with Gasteiger partial charge in [-0.25, -0.2) is 9.36 Å². The lowest BCUT2D eigenvalue weighted by atomic mass is 10.1. The van der Waals surface area contributed by atoms with E-state index in [1.807, 2.05) is 18.2 Å². The first kappa shape index (κ1) is 30.3. The Morgan fingerprint density at radius 3 is 2.28 bits per heavy atom. The van der Waals surface area contributed by atoms with Crippen molar-refractivity contribution in [3.05, 3.63) is 112 Å². The summed E-state index contributed by atoms with van der Waals surface area (Å²) in [4.78, 5) is 42.8. The van der Waals surface area contributed by atoms with Gasteiger partial charge in [0.15, 0.2) is 11.7 Å². The third kappa shape index (κ3) is 7.27. The lowest BCUT2D eigenvalue weighted by Gasteiger charge is -2.41. The Kier molecular flexibility index (Phi) is 9.19. The molecule has 0 bridgehead atoms. The van der Waals surface area contributed by atoms with Gasteiger partial charge in [-0.2, -0.15) is 0 Å². The van der Waals surface area contributed by atoms with Gasteiger partial charge >= 0.3 is 12.3 Å². The molecule has 3 aromatic carbocycles. The van der Waals surface area contributed by atoms with Gasteiger partial charge in [0.2, 0.25) is 0 Å². The molecule has 0 N–H and O–H groups in total. The molecule has 0 saturated carbocycles. The number of esters is 1. The summed E-state index contributed by atoms with van der Waals surface area (Å²) in [6.07, 6.45) is -4.00. The number of nitro benzene ring substituents is 1. The van der Waals surface area contributed by atoms with Crippen LogP contribution in [0.2, 0.25) is 0 Å². The summed E-state index contributed by atoms with van der Waals surface area (Å²) in [5, 5.41) is 10.9. The Balaban J connectivity index is 1.34. The Morgan fingerprint density at radius 2 is 1.65 bits per heavy atom. The Bertz CT molecular complexity index is 1640. The number of para-hydroxylation sites is 2. The average molecular weight is 688 g/mol. The maximum absolute atomic E-state index is 13.5. The highest BCUT2D eigenvalue weighted by Gasteiger charge is 2.56. The molecule has 1 amide bonds. The molecule has 0 aliphatic carbocycles. The number of likely N-dealkylation sites (tertiary alicyclic amines) is 1. The van der Waals surface area contributed by atoms with Crippen molar-refractivity contribution in [2.75, 3.05) is 6.61 Å². The molecule has 2 aliphatic heterocycles. The Hall–Kier alpha value is -4.13. The zero-order valence-corrected chi connectivity index (χ0v) is 25.7. The minimum atomic E-state index is -4.00. The summed E-state index contributed by atoms with van der Waals surface area (Å²) in [6, 6.07) is 22.1. The number of hydrogen-bond donors (Lipinski definition) is 0. The molecule has 2 aliphatic rings. The fraction of sp³-hybridized carbons (Fsp3) is 0.179. The van der Waals surface area contributed by atoms with E-state index in [0.29, 0.717) is 16.4 Å². The van der Waals surface area contributed by atoms with Crippen molar-refractivity contribution in [1.29, 1.82) is 0 Å². The topological polar surface area (TPSA) is 147 Å². The monoisotopic (exact) mass is 687 g/mol. The van der Waals surface area contributed by atoms with Crippen molar-refractivity contribution in [3.8, 4) is 11.5 Å². The van der Waals surface area contributed by atoms with E-state index in [2.05, 4.69) is 20.5 Å². The summed E-state index contributed by atoms with van der Waals surface area (Å²) in [6.45, 7) is 1.24. The number of benzene rings is 3. The minimum Gasteiger partial charge on any atom is -0.487 e. The van der Waals surface area contributed by atoms with Crippen LogP contribution in [0.5, 0.6) is 11.5 Å². The molecule has 0 radical (unpaired) electrons. The number of carbonyl (C=O) groups excluding carboxylic acids is 2. The maximum Gasteiger partial charge on any atom is 0.498 e. The van der Waals surface area contributed by atoms with Crippen LogP contribution in [0.1, 0.15) is 12.5 Å². The van der Waals surface area contributed by atoms with Crippen molar-refractivity contribution in [3.63, 3.8) is 0 Å². The molecule has 12 nitrogen and oxygen atoms in total. The zero-order valence-electron chi connectivity index (χ0n) is 22.4. The van der Waals surface area contributed by atoms with Crippen molar-refractivity contribution >= 4 is 56.2 Å². The van der Waals surface area contributed by atoms with E-state index in [0.717, 1.165) is 0 Å². The molecule has 2 heterocycles. The Labute approximate surface area is 258 Å². The second-order valence-electron chi connectivity index (χ2n) is 9.12. The van der Waals surface area contributed by atoms with Crippen LogP contribution in [0.25, 0.3) is 0 Å². The third-order valence-electron chi connectivity index (χ3n) is 6.15. The first-order chi connectivity index (χ1) is 20.6. The fourth-order valence-corrected chi connectivity index (χ4v) is 7.33. The van der Waals surface area contributed by atoms with Gasteiger partial charge < -0.3 is 18.5 Å². The van der Waals surface area contributed by atoms with E-state index in [-0.39, 0.29) is 36.1 Å². The van der Waals surface area contributed by atoms with E-state index in [1.165, 1.54) is 47.9 Å². The van der Waals surface area contributed by atoms with Crippen LogP contribution in [0.15, 0.2) is 101 Å². The third-order valence-corrected chi connectivity index (χ3v) is 9.14. The molecule has 0 spiro atoms. The van der Waals surface area contributed by atoms with Crippen molar-refractivity contribution in [1.82, 2.24) is 4.90 Å². The predicted molar refractivity (Wildman–Crippen MR) is 162 cm³/mol. The van der Waals surface area contributed by atoms with E-state index in [1.54, 1.807) is 42.5 Å². The summed E-state index contributed by atoms with van der Waals surface area (Å²) in [5.74, 6) is -0.721. The molecular formula is C28H23BrN3O9PS. The molecule has 1 fully saturated rings. The van der Waals surface area contributed by atoms with Crippen LogP contribution in [-0.4, -0.2) is 44.8 Å². The van der Waals surface area contributed by atoms with E-state index in [9.17, 15) is 24.3 Å². The molecule has 222 valence electrons. The molecule has 3 aromatic rings. The molecule has 1 saturated heterocycles. The van der Waals surface area contributed by atoms with Gasteiger partial charge in [-0.05, 0) is 48.9 Å². The Morgan fingerprint density at radius 1 is 1.02 bits per heavy atom. The molecule has 0 aromatic heterocycles. The van der Waals surface area contributed by atoms with Crippen LogP contribution < -0.4 is 9.26 Å². The van der Waals surface area contributed by atoms with Gasteiger partial charge in [-0.15, -0.1) is 0 Å². The normalized spacial score (nSPS) is 19.2. The molecule has 3 atom stereocenters. The SMILES string of the molecule is CC(OP(=O)(Br)Oc1ccccc1)=C(C(=O)OCc1ccc([N+](=O)[O-])cc1)N1C(=O)C2N=C(COc3ccccc3)SC21. The number of non-ortho nitro benzene ring substituents is 1. The van der Waals surface area contributed by atoms with Crippen LogP contribution in [0, 0.1) is 10.1 Å². The highest BCUT2D eigenvalue weighted by molar-refractivity contribution is 9.39.